The van der Waals surface area contributed by atoms with Crippen LogP contribution in [0.1, 0.15) is 24.9 Å². The van der Waals surface area contributed by atoms with E-state index < -0.39 is 0 Å². The van der Waals surface area contributed by atoms with Crippen LogP contribution in [0.3, 0.4) is 0 Å². The fourth-order valence-corrected chi connectivity index (χ4v) is 2.02. The summed E-state index contributed by atoms with van der Waals surface area (Å²) in [5.74, 6) is 0.905. The zero-order chi connectivity index (χ0) is 11.5. The summed E-state index contributed by atoms with van der Waals surface area (Å²) in [6.45, 7) is 2.10. The molecule has 0 saturated heterocycles. The molecule has 84 valence electrons. The van der Waals surface area contributed by atoms with Gasteiger partial charge in [0.1, 0.15) is 5.75 Å². The predicted molar refractivity (Wildman–Crippen MR) is 67.7 cm³/mol. The molecule has 2 aromatic carbocycles. The van der Waals surface area contributed by atoms with Crippen molar-refractivity contribution in [2.75, 3.05) is 7.11 Å². The largest absolute Gasteiger partial charge is 0.496 e. The first-order valence-electron chi connectivity index (χ1n) is 5.59. The maximum Gasteiger partial charge on any atom is 0.126 e. The standard InChI is InChI=1S/C14H17NO/c1-3-13(15)11-8-9-14(16-2)12-7-5-4-6-10(11)12/h4-9,13H,3,15H2,1-2H3/t13-/m0/s1. The van der Waals surface area contributed by atoms with Gasteiger partial charge < -0.3 is 10.5 Å². The van der Waals surface area contributed by atoms with Crippen molar-refractivity contribution < 1.29 is 4.74 Å². The molecule has 0 unspecified atom stereocenters. The quantitative estimate of drug-likeness (QED) is 0.853. The van der Waals surface area contributed by atoms with E-state index in [4.69, 9.17) is 10.5 Å². The first-order valence-corrected chi connectivity index (χ1v) is 5.59. The lowest BCUT2D eigenvalue weighted by Gasteiger charge is -2.14. The molecule has 0 aliphatic heterocycles. The molecule has 1 atom stereocenters. The lowest BCUT2D eigenvalue weighted by atomic mass is 9.97. The topological polar surface area (TPSA) is 35.2 Å². The minimum absolute atomic E-state index is 0.0933. The number of fused-ring (bicyclic) bond motifs is 1. The zero-order valence-corrected chi connectivity index (χ0v) is 9.73. The summed E-state index contributed by atoms with van der Waals surface area (Å²) in [5, 5.41) is 2.32. The summed E-state index contributed by atoms with van der Waals surface area (Å²) < 4.78 is 5.36. The monoisotopic (exact) mass is 215 g/mol. The second-order valence-electron chi connectivity index (χ2n) is 3.92. The number of rotatable bonds is 3. The Morgan fingerprint density at radius 3 is 2.44 bits per heavy atom. The number of benzene rings is 2. The van der Waals surface area contributed by atoms with Gasteiger partial charge in [-0.15, -0.1) is 0 Å². The number of hydrogen-bond acceptors (Lipinski definition) is 2. The van der Waals surface area contributed by atoms with Gasteiger partial charge in [-0.2, -0.15) is 0 Å². The van der Waals surface area contributed by atoms with E-state index in [1.165, 1.54) is 10.9 Å². The summed E-state index contributed by atoms with van der Waals surface area (Å²) in [6.07, 6.45) is 0.941. The van der Waals surface area contributed by atoms with Crippen LogP contribution in [0.25, 0.3) is 10.8 Å². The molecular formula is C14H17NO. The van der Waals surface area contributed by atoms with Gasteiger partial charge in [0.15, 0.2) is 0 Å². The molecule has 0 bridgehead atoms. The molecule has 0 amide bonds. The Balaban J connectivity index is 2.69. The van der Waals surface area contributed by atoms with Crippen LogP contribution in [-0.4, -0.2) is 7.11 Å². The van der Waals surface area contributed by atoms with E-state index >= 15 is 0 Å². The third kappa shape index (κ3) is 1.76. The Hall–Kier alpha value is -1.54. The number of methoxy groups -OCH3 is 1. The van der Waals surface area contributed by atoms with Crippen LogP contribution >= 0.6 is 0 Å². The molecule has 2 rings (SSSR count). The summed E-state index contributed by atoms with van der Waals surface area (Å²) in [4.78, 5) is 0. The molecule has 0 aromatic heterocycles. The van der Waals surface area contributed by atoms with E-state index in [0.717, 1.165) is 17.6 Å². The molecule has 0 spiro atoms. The Labute approximate surface area is 96.0 Å². The summed E-state index contributed by atoms with van der Waals surface area (Å²) in [7, 11) is 1.70. The number of nitrogens with two attached hydrogens (primary N) is 1. The Kier molecular flexibility index (Phi) is 3.11. The predicted octanol–water partition coefficient (Wildman–Crippen LogP) is 3.26. The van der Waals surface area contributed by atoms with Gasteiger partial charge in [0.25, 0.3) is 0 Å². The minimum atomic E-state index is 0.0933. The summed E-state index contributed by atoms with van der Waals surface area (Å²) in [5.41, 5.74) is 7.30. The Bertz CT molecular complexity index is 493. The van der Waals surface area contributed by atoms with Crippen LogP contribution in [0.15, 0.2) is 36.4 Å². The maximum atomic E-state index is 6.11. The first kappa shape index (κ1) is 11.0. The van der Waals surface area contributed by atoms with Gasteiger partial charge in [-0.05, 0) is 23.4 Å². The summed E-state index contributed by atoms with van der Waals surface area (Å²) in [6, 6.07) is 12.4. The van der Waals surface area contributed by atoms with Gasteiger partial charge in [0.05, 0.1) is 7.11 Å². The molecule has 16 heavy (non-hydrogen) atoms. The van der Waals surface area contributed by atoms with Gasteiger partial charge in [-0.25, -0.2) is 0 Å². The Morgan fingerprint density at radius 2 is 1.81 bits per heavy atom. The lowest BCUT2D eigenvalue weighted by molar-refractivity contribution is 0.419. The van der Waals surface area contributed by atoms with Crippen molar-refractivity contribution in [3.63, 3.8) is 0 Å². The highest BCUT2D eigenvalue weighted by Gasteiger charge is 2.10. The fraction of sp³-hybridized carbons (Fsp3) is 0.286. The van der Waals surface area contributed by atoms with E-state index in [-0.39, 0.29) is 6.04 Å². The first-order chi connectivity index (χ1) is 7.77. The van der Waals surface area contributed by atoms with Crippen molar-refractivity contribution in [1.82, 2.24) is 0 Å². The molecule has 0 aliphatic carbocycles. The lowest BCUT2D eigenvalue weighted by Crippen LogP contribution is -2.09. The van der Waals surface area contributed by atoms with Crippen molar-refractivity contribution >= 4 is 10.8 Å². The maximum absolute atomic E-state index is 6.11. The molecule has 0 heterocycles. The fourth-order valence-electron chi connectivity index (χ4n) is 2.02. The van der Waals surface area contributed by atoms with Crippen molar-refractivity contribution in [2.24, 2.45) is 5.73 Å². The second-order valence-corrected chi connectivity index (χ2v) is 3.92. The van der Waals surface area contributed by atoms with Gasteiger partial charge >= 0.3 is 0 Å². The van der Waals surface area contributed by atoms with Gasteiger partial charge in [0, 0.05) is 11.4 Å². The Morgan fingerprint density at radius 1 is 1.12 bits per heavy atom. The molecule has 2 aromatic rings. The SMILES string of the molecule is CC[C@H](N)c1ccc(OC)c2ccccc12. The molecule has 2 heteroatoms. The average molecular weight is 215 g/mol. The van der Waals surface area contributed by atoms with Gasteiger partial charge in [0.2, 0.25) is 0 Å². The average Bonchev–Trinajstić information content (AvgIpc) is 2.36. The van der Waals surface area contributed by atoms with Crippen LogP contribution in [0, 0.1) is 0 Å². The molecule has 2 nitrogen and oxygen atoms in total. The van der Waals surface area contributed by atoms with Crippen molar-refractivity contribution in [1.29, 1.82) is 0 Å². The third-order valence-corrected chi connectivity index (χ3v) is 2.98. The molecule has 0 fully saturated rings. The molecule has 2 N–H and O–H groups in total. The normalized spacial score (nSPS) is 12.7. The molecule has 0 aliphatic rings. The molecule has 0 radical (unpaired) electrons. The van der Waals surface area contributed by atoms with Crippen molar-refractivity contribution in [2.45, 2.75) is 19.4 Å². The van der Waals surface area contributed by atoms with Crippen molar-refractivity contribution in [3.8, 4) is 5.75 Å². The van der Waals surface area contributed by atoms with Gasteiger partial charge in [-0.1, -0.05) is 37.3 Å². The highest BCUT2D eigenvalue weighted by molar-refractivity contribution is 5.91. The molecule has 0 saturated carbocycles. The van der Waals surface area contributed by atoms with E-state index in [0.29, 0.717) is 0 Å². The highest BCUT2D eigenvalue weighted by atomic mass is 16.5. The van der Waals surface area contributed by atoms with E-state index in [9.17, 15) is 0 Å². The van der Waals surface area contributed by atoms with Gasteiger partial charge in [-0.3, -0.25) is 0 Å². The minimum Gasteiger partial charge on any atom is -0.496 e. The molecular weight excluding hydrogens is 198 g/mol. The van der Waals surface area contributed by atoms with Crippen molar-refractivity contribution in [3.05, 3.63) is 42.0 Å². The van der Waals surface area contributed by atoms with Crippen LogP contribution < -0.4 is 10.5 Å². The third-order valence-electron chi connectivity index (χ3n) is 2.98. The van der Waals surface area contributed by atoms with Crippen LogP contribution in [-0.2, 0) is 0 Å². The number of hydrogen-bond donors (Lipinski definition) is 1. The van der Waals surface area contributed by atoms with E-state index in [2.05, 4.69) is 25.1 Å². The van der Waals surface area contributed by atoms with E-state index in [1.54, 1.807) is 7.11 Å². The van der Waals surface area contributed by atoms with Crippen LogP contribution in [0.4, 0.5) is 0 Å². The summed E-state index contributed by atoms with van der Waals surface area (Å²) >= 11 is 0. The highest BCUT2D eigenvalue weighted by Crippen LogP contribution is 2.31. The second kappa shape index (κ2) is 4.54. The van der Waals surface area contributed by atoms with E-state index in [1.807, 2.05) is 18.2 Å². The zero-order valence-electron chi connectivity index (χ0n) is 9.73. The smallest absolute Gasteiger partial charge is 0.126 e. The van der Waals surface area contributed by atoms with Crippen LogP contribution in [0.5, 0.6) is 5.75 Å². The number of ether oxygens (including phenoxy) is 1. The van der Waals surface area contributed by atoms with Crippen LogP contribution in [0.2, 0.25) is 0 Å².